The van der Waals surface area contributed by atoms with Crippen molar-refractivity contribution in [2.75, 3.05) is 19.5 Å². The van der Waals surface area contributed by atoms with Crippen LogP contribution in [0.5, 0.6) is 5.75 Å². The van der Waals surface area contributed by atoms with Crippen molar-refractivity contribution in [2.45, 2.75) is 6.92 Å². The second-order valence-corrected chi connectivity index (χ2v) is 3.70. The van der Waals surface area contributed by atoms with Gasteiger partial charge < -0.3 is 10.1 Å². The second kappa shape index (κ2) is 4.82. The Morgan fingerprint density at radius 1 is 1.18 bits per heavy atom. The van der Waals surface area contributed by atoms with Crippen molar-refractivity contribution in [3.05, 3.63) is 36.0 Å². The Morgan fingerprint density at radius 2 is 1.88 bits per heavy atom. The van der Waals surface area contributed by atoms with Gasteiger partial charge in [0.25, 0.3) is 0 Å². The summed E-state index contributed by atoms with van der Waals surface area (Å²) in [6.07, 6.45) is 1.82. The maximum Gasteiger partial charge on any atom is 0.222 e. The number of nitrogens with zero attached hydrogens (tertiary/aromatic N) is 2. The average Bonchev–Trinajstić information content (AvgIpc) is 2.39. The van der Waals surface area contributed by atoms with Gasteiger partial charge in [0.15, 0.2) is 0 Å². The van der Waals surface area contributed by atoms with Crippen LogP contribution >= 0.6 is 0 Å². The first-order valence-electron chi connectivity index (χ1n) is 5.40. The first-order valence-corrected chi connectivity index (χ1v) is 5.40. The number of aromatic nitrogens is 2. The van der Waals surface area contributed by atoms with E-state index in [1.807, 2.05) is 44.4 Å². The summed E-state index contributed by atoms with van der Waals surface area (Å²) < 4.78 is 5.14. The number of rotatable bonds is 3. The van der Waals surface area contributed by atoms with Gasteiger partial charge in [0.1, 0.15) is 5.75 Å². The molecule has 1 aromatic carbocycles. The summed E-state index contributed by atoms with van der Waals surface area (Å²) in [6, 6.07) is 7.84. The fourth-order valence-corrected chi connectivity index (χ4v) is 1.60. The van der Waals surface area contributed by atoms with Crippen molar-refractivity contribution in [1.82, 2.24) is 9.97 Å². The van der Waals surface area contributed by atoms with Gasteiger partial charge in [-0.05, 0) is 36.8 Å². The van der Waals surface area contributed by atoms with Gasteiger partial charge in [-0.3, -0.25) is 0 Å². The molecule has 1 aromatic heterocycles. The summed E-state index contributed by atoms with van der Waals surface area (Å²) in [5.41, 5.74) is 3.04. The summed E-state index contributed by atoms with van der Waals surface area (Å²) in [7, 11) is 3.46. The highest BCUT2D eigenvalue weighted by atomic mass is 16.5. The Morgan fingerprint density at radius 3 is 2.47 bits per heavy atom. The predicted octanol–water partition coefficient (Wildman–Crippen LogP) is 2.50. The van der Waals surface area contributed by atoms with E-state index in [2.05, 4.69) is 15.3 Å². The van der Waals surface area contributed by atoms with Crippen molar-refractivity contribution in [1.29, 1.82) is 0 Å². The highest BCUT2D eigenvalue weighted by Crippen LogP contribution is 2.23. The van der Waals surface area contributed by atoms with Crippen LogP contribution in [0.25, 0.3) is 11.3 Å². The Labute approximate surface area is 101 Å². The lowest BCUT2D eigenvalue weighted by molar-refractivity contribution is 0.415. The molecule has 1 N–H and O–H groups in total. The number of hydrogen-bond acceptors (Lipinski definition) is 4. The molecule has 4 nitrogen and oxygen atoms in total. The molecule has 88 valence electrons. The van der Waals surface area contributed by atoms with Crippen LogP contribution in [0.4, 0.5) is 5.95 Å². The third kappa shape index (κ3) is 2.36. The zero-order chi connectivity index (χ0) is 12.3. The lowest BCUT2D eigenvalue weighted by Gasteiger charge is -2.07. The molecule has 2 aromatic rings. The van der Waals surface area contributed by atoms with Crippen LogP contribution in [0.1, 0.15) is 5.56 Å². The van der Waals surface area contributed by atoms with Crippen LogP contribution in [0.3, 0.4) is 0 Å². The molecule has 0 atom stereocenters. The molecule has 17 heavy (non-hydrogen) atoms. The molecular weight excluding hydrogens is 214 g/mol. The number of benzene rings is 1. The molecule has 0 aliphatic carbocycles. The minimum atomic E-state index is 0.626. The van der Waals surface area contributed by atoms with E-state index < -0.39 is 0 Å². The lowest BCUT2D eigenvalue weighted by Crippen LogP contribution is -1.99. The zero-order valence-corrected chi connectivity index (χ0v) is 10.2. The SMILES string of the molecule is CNc1ncc(C)c(-c2ccc(OC)cc2)n1. The van der Waals surface area contributed by atoms with Gasteiger partial charge in [0.2, 0.25) is 5.95 Å². The van der Waals surface area contributed by atoms with Crippen LogP contribution < -0.4 is 10.1 Å². The summed E-state index contributed by atoms with van der Waals surface area (Å²) in [5, 5.41) is 2.94. The number of aryl methyl sites for hydroxylation is 1. The number of hydrogen-bond donors (Lipinski definition) is 1. The Bertz CT molecular complexity index is 509. The third-order valence-electron chi connectivity index (χ3n) is 2.56. The average molecular weight is 229 g/mol. The maximum atomic E-state index is 5.14. The number of anilines is 1. The van der Waals surface area contributed by atoms with Gasteiger partial charge in [0, 0.05) is 18.8 Å². The predicted molar refractivity (Wildman–Crippen MR) is 68.3 cm³/mol. The first kappa shape index (κ1) is 11.4. The largest absolute Gasteiger partial charge is 0.497 e. The van der Waals surface area contributed by atoms with Gasteiger partial charge in [-0.1, -0.05) is 0 Å². The number of methoxy groups -OCH3 is 1. The molecule has 0 radical (unpaired) electrons. The molecule has 0 aliphatic rings. The van der Waals surface area contributed by atoms with Crippen LogP contribution in [-0.4, -0.2) is 24.1 Å². The zero-order valence-electron chi connectivity index (χ0n) is 10.2. The summed E-state index contributed by atoms with van der Waals surface area (Å²) in [5.74, 6) is 1.47. The van der Waals surface area contributed by atoms with Gasteiger partial charge in [-0.2, -0.15) is 0 Å². The van der Waals surface area contributed by atoms with E-state index in [0.29, 0.717) is 5.95 Å². The Balaban J connectivity index is 2.43. The van der Waals surface area contributed by atoms with Gasteiger partial charge in [0.05, 0.1) is 12.8 Å². The van der Waals surface area contributed by atoms with Crippen LogP contribution in [0.15, 0.2) is 30.5 Å². The van der Waals surface area contributed by atoms with E-state index in [0.717, 1.165) is 22.6 Å². The van der Waals surface area contributed by atoms with E-state index in [1.54, 1.807) is 7.11 Å². The first-order chi connectivity index (χ1) is 8.24. The molecule has 0 bridgehead atoms. The highest BCUT2D eigenvalue weighted by molar-refractivity contribution is 5.64. The van der Waals surface area contributed by atoms with Crippen LogP contribution in [0, 0.1) is 6.92 Å². The fraction of sp³-hybridized carbons (Fsp3) is 0.231. The topological polar surface area (TPSA) is 47.0 Å². The minimum absolute atomic E-state index is 0.626. The van der Waals surface area contributed by atoms with E-state index in [1.165, 1.54) is 0 Å². The monoisotopic (exact) mass is 229 g/mol. The molecule has 1 heterocycles. The Kier molecular flexibility index (Phi) is 3.23. The van der Waals surface area contributed by atoms with E-state index in [9.17, 15) is 0 Å². The standard InChI is InChI=1S/C13H15N3O/c1-9-8-15-13(14-2)16-12(9)10-4-6-11(17-3)7-5-10/h4-8H,1-3H3,(H,14,15,16). The second-order valence-electron chi connectivity index (χ2n) is 3.70. The van der Waals surface area contributed by atoms with Crippen molar-refractivity contribution in [3.63, 3.8) is 0 Å². The molecule has 0 spiro atoms. The normalized spacial score (nSPS) is 10.1. The quantitative estimate of drug-likeness (QED) is 0.878. The van der Waals surface area contributed by atoms with Crippen molar-refractivity contribution in [3.8, 4) is 17.0 Å². The van der Waals surface area contributed by atoms with Gasteiger partial charge in [-0.25, -0.2) is 9.97 Å². The number of nitrogens with one attached hydrogen (secondary N) is 1. The summed E-state index contributed by atoms with van der Waals surface area (Å²) >= 11 is 0. The van der Waals surface area contributed by atoms with E-state index in [4.69, 9.17) is 4.74 Å². The molecule has 0 fully saturated rings. The molecule has 0 aliphatic heterocycles. The molecule has 0 unspecified atom stereocenters. The molecule has 0 saturated heterocycles. The van der Waals surface area contributed by atoms with Gasteiger partial charge >= 0.3 is 0 Å². The van der Waals surface area contributed by atoms with E-state index in [-0.39, 0.29) is 0 Å². The van der Waals surface area contributed by atoms with Gasteiger partial charge in [-0.15, -0.1) is 0 Å². The molecule has 4 heteroatoms. The molecule has 0 saturated carbocycles. The fourth-order valence-electron chi connectivity index (χ4n) is 1.60. The van der Waals surface area contributed by atoms with Crippen molar-refractivity contribution in [2.24, 2.45) is 0 Å². The third-order valence-corrected chi connectivity index (χ3v) is 2.56. The maximum absolute atomic E-state index is 5.14. The van der Waals surface area contributed by atoms with Crippen LogP contribution in [0.2, 0.25) is 0 Å². The number of ether oxygens (including phenoxy) is 1. The van der Waals surface area contributed by atoms with Crippen molar-refractivity contribution >= 4 is 5.95 Å². The molecule has 0 amide bonds. The Hall–Kier alpha value is -2.10. The smallest absolute Gasteiger partial charge is 0.222 e. The minimum Gasteiger partial charge on any atom is -0.497 e. The van der Waals surface area contributed by atoms with Crippen molar-refractivity contribution < 1.29 is 4.74 Å². The summed E-state index contributed by atoms with van der Waals surface area (Å²) in [6.45, 7) is 2.00. The van der Waals surface area contributed by atoms with Crippen LogP contribution in [-0.2, 0) is 0 Å². The molecular formula is C13H15N3O. The summed E-state index contributed by atoms with van der Waals surface area (Å²) in [4.78, 5) is 8.62. The molecule has 2 rings (SSSR count). The highest BCUT2D eigenvalue weighted by Gasteiger charge is 2.05. The lowest BCUT2D eigenvalue weighted by atomic mass is 10.1. The van der Waals surface area contributed by atoms with E-state index >= 15 is 0 Å².